The maximum atomic E-state index is 11.1. The maximum Gasteiger partial charge on any atom is 0.274 e. The van der Waals surface area contributed by atoms with Crippen LogP contribution in [-0.4, -0.2) is 14.5 Å². The van der Waals surface area contributed by atoms with Crippen LogP contribution in [0.1, 0.15) is 37.6 Å². The number of hydrogen-bond donors (Lipinski definition) is 1. The predicted molar refractivity (Wildman–Crippen MR) is 80.8 cm³/mol. The molecule has 0 saturated heterocycles. The highest BCUT2D eigenvalue weighted by molar-refractivity contribution is 5.40. The Labute approximate surface area is 123 Å². The number of para-hydroxylation sites is 1. The van der Waals surface area contributed by atoms with Gasteiger partial charge < -0.3 is 10.3 Å². The minimum atomic E-state index is -0.361. The highest BCUT2D eigenvalue weighted by Crippen LogP contribution is 2.22. The normalized spacial score (nSPS) is 12.6. The van der Waals surface area contributed by atoms with E-state index < -0.39 is 0 Å². The molecular weight excluding hydrogens is 268 g/mol. The quantitative estimate of drug-likeness (QED) is 0.654. The van der Waals surface area contributed by atoms with E-state index in [0.29, 0.717) is 18.0 Å². The number of nitrogens with two attached hydrogens (primary N) is 1. The minimum absolute atomic E-state index is 0.115. The van der Waals surface area contributed by atoms with E-state index in [0.717, 1.165) is 12.1 Å². The molecule has 0 spiro atoms. The number of nitro groups is 1. The molecule has 2 N–H and O–H groups in total. The Morgan fingerprint density at radius 2 is 2.10 bits per heavy atom. The van der Waals surface area contributed by atoms with Crippen LogP contribution < -0.4 is 5.73 Å². The zero-order chi connectivity index (χ0) is 15.4. The van der Waals surface area contributed by atoms with Crippen LogP contribution in [0.15, 0.2) is 36.8 Å². The molecule has 0 saturated carbocycles. The van der Waals surface area contributed by atoms with Gasteiger partial charge in [-0.2, -0.15) is 0 Å². The second-order valence-corrected chi connectivity index (χ2v) is 5.57. The number of hydrogen-bond acceptors (Lipinski definition) is 4. The lowest BCUT2D eigenvalue weighted by Gasteiger charge is -2.16. The molecule has 1 aromatic heterocycles. The van der Waals surface area contributed by atoms with Crippen LogP contribution in [0.2, 0.25) is 0 Å². The second kappa shape index (κ2) is 6.49. The fourth-order valence-electron chi connectivity index (χ4n) is 2.41. The lowest BCUT2D eigenvalue weighted by atomic mass is 10.0. The Bertz CT molecular complexity index is 622. The zero-order valence-electron chi connectivity index (χ0n) is 12.3. The van der Waals surface area contributed by atoms with Crippen molar-refractivity contribution in [3.05, 3.63) is 58.2 Å². The number of imidazole rings is 1. The minimum Gasteiger partial charge on any atom is -0.328 e. The van der Waals surface area contributed by atoms with Crippen molar-refractivity contribution in [2.24, 2.45) is 11.7 Å². The number of nitrogens with zero attached hydrogens (tertiary/aromatic N) is 3. The highest BCUT2D eigenvalue weighted by atomic mass is 16.6. The molecule has 0 aliphatic heterocycles. The summed E-state index contributed by atoms with van der Waals surface area (Å²) in [5.74, 6) is 0.481. The number of rotatable bonds is 6. The zero-order valence-corrected chi connectivity index (χ0v) is 12.3. The van der Waals surface area contributed by atoms with E-state index in [1.54, 1.807) is 30.7 Å². The number of nitro benzene ring substituents is 1. The first-order chi connectivity index (χ1) is 9.99. The van der Waals surface area contributed by atoms with Crippen molar-refractivity contribution in [3.63, 3.8) is 0 Å². The number of benzene rings is 1. The third-order valence-corrected chi connectivity index (χ3v) is 3.38. The first kappa shape index (κ1) is 15.2. The van der Waals surface area contributed by atoms with Crippen molar-refractivity contribution in [3.8, 4) is 0 Å². The summed E-state index contributed by atoms with van der Waals surface area (Å²) in [5.41, 5.74) is 7.87. The van der Waals surface area contributed by atoms with Crippen LogP contribution in [0.4, 0.5) is 5.69 Å². The summed E-state index contributed by atoms with van der Waals surface area (Å²) in [7, 11) is 0. The Kier molecular flexibility index (Phi) is 4.70. The first-order valence-electron chi connectivity index (χ1n) is 6.97. The van der Waals surface area contributed by atoms with Gasteiger partial charge in [0.05, 0.1) is 23.5 Å². The van der Waals surface area contributed by atoms with Crippen molar-refractivity contribution >= 4 is 5.69 Å². The van der Waals surface area contributed by atoms with Gasteiger partial charge in [-0.3, -0.25) is 10.1 Å². The van der Waals surface area contributed by atoms with Crippen LogP contribution >= 0.6 is 0 Å². The van der Waals surface area contributed by atoms with Gasteiger partial charge in [0.15, 0.2) is 0 Å². The van der Waals surface area contributed by atoms with Crippen molar-refractivity contribution < 1.29 is 4.92 Å². The third kappa shape index (κ3) is 3.66. The van der Waals surface area contributed by atoms with Gasteiger partial charge in [-0.05, 0) is 12.3 Å². The Morgan fingerprint density at radius 1 is 1.38 bits per heavy atom. The van der Waals surface area contributed by atoms with Crippen LogP contribution in [0, 0.1) is 16.0 Å². The maximum absolute atomic E-state index is 11.1. The average Bonchev–Trinajstić information content (AvgIpc) is 2.86. The van der Waals surface area contributed by atoms with Crippen LogP contribution in [0.5, 0.6) is 0 Å². The molecule has 0 aliphatic carbocycles. The average molecular weight is 288 g/mol. The van der Waals surface area contributed by atoms with E-state index in [2.05, 4.69) is 18.8 Å². The van der Waals surface area contributed by atoms with E-state index in [9.17, 15) is 10.1 Å². The van der Waals surface area contributed by atoms with Gasteiger partial charge in [0.1, 0.15) is 0 Å². The highest BCUT2D eigenvalue weighted by Gasteiger charge is 2.17. The van der Waals surface area contributed by atoms with E-state index in [1.165, 1.54) is 6.07 Å². The monoisotopic (exact) mass is 288 g/mol. The molecule has 21 heavy (non-hydrogen) atoms. The summed E-state index contributed by atoms with van der Waals surface area (Å²) < 4.78 is 1.88. The summed E-state index contributed by atoms with van der Waals surface area (Å²) >= 11 is 0. The van der Waals surface area contributed by atoms with Gasteiger partial charge in [0.25, 0.3) is 5.69 Å². The van der Waals surface area contributed by atoms with Crippen molar-refractivity contribution in [1.82, 2.24) is 9.55 Å². The summed E-state index contributed by atoms with van der Waals surface area (Å²) in [4.78, 5) is 14.8. The molecule has 1 unspecified atom stereocenters. The van der Waals surface area contributed by atoms with Gasteiger partial charge in [0, 0.05) is 23.9 Å². The Hall–Kier alpha value is -2.21. The molecule has 0 fully saturated rings. The first-order valence-corrected chi connectivity index (χ1v) is 6.97. The molecule has 1 heterocycles. The van der Waals surface area contributed by atoms with Crippen LogP contribution in [0.25, 0.3) is 0 Å². The van der Waals surface area contributed by atoms with Crippen LogP contribution in [0.3, 0.4) is 0 Å². The molecule has 2 rings (SSSR count). The standard InChI is InChI=1S/C15H20N4O2/c1-11(2)7-13(16)15-8-17-10-18(15)9-12-5-3-4-6-14(12)19(20)21/h3-6,8,10-11,13H,7,9,16H2,1-2H3. The van der Waals surface area contributed by atoms with E-state index >= 15 is 0 Å². The Balaban J connectivity index is 2.25. The molecular formula is C15H20N4O2. The van der Waals surface area contributed by atoms with E-state index in [-0.39, 0.29) is 16.7 Å². The molecule has 1 atom stereocenters. The summed E-state index contributed by atoms with van der Waals surface area (Å²) in [6.07, 6.45) is 4.26. The lowest BCUT2D eigenvalue weighted by molar-refractivity contribution is -0.385. The SMILES string of the molecule is CC(C)CC(N)c1cncn1Cc1ccccc1[N+](=O)[O-]. The largest absolute Gasteiger partial charge is 0.328 e. The van der Waals surface area contributed by atoms with Crippen molar-refractivity contribution in [2.45, 2.75) is 32.9 Å². The molecule has 112 valence electrons. The summed E-state index contributed by atoms with van der Waals surface area (Å²) in [6.45, 7) is 4.63. The molecule has 6 heteroatoms. The van der Waals surface area contributed by atoms with Gasteiger partial charge in [-0.25, -0.2) is 4.98 Å². The van der Waals surface area contributed by atoms with E-state index in [4.69, 9.17) is 5.73 Å². The summed E-state index contributed by atoms with van der Waals surface area (Å²) in [5, 5.41) is 11.1. The molecule has 2 aromatic rings. The second-order valence-electron chi connectivity index (χ2n) is 5.57. The molecule has 0 radical (unpaired) electrons. The van der Waals surface area contributed by atoms with Crippen LogP contribution in [-0.2, 0) is 6.54 Å². The molecule has 1 aromatic carbocycles. The Morgan fingerprint density at radius 3 is 2.76 bits per heavy atom. The topological polar surface area (TPSA) is 87.0 Å². The molecule has 0 aliphatic rings. The predicted octanol–water partition coefficient (Wildman–Crippen LogP) is 2.89. The van der Waals surface area contributed by atoms with Gasteiger partial charge in [-0.15, -0.1) is 0 Å². The molecule has 0 amide bonds. The lowest BCUT2D eigenvalue weighted by Crippen LogP contribution is -2.17. The van der Waals surface area contributed by atoms with Gasteiger partial charge >= 0.3 is 0 Å². The van der Waals surface area contributed by atoms with E-state index in [1.807, 2.05) is 4.57 Å². The molecule has 6 nitrogen and oxygen atoms in total. The smallest absolute Gasteiger partial charge is 0.274 e. The fourth-order valence-corrected chi connectivity index (χ4v) is 2.41. The molecule has 0 bridgehead atoms. The summed E-state index contributed by atoms with van der Waals surface area (Å²) in [6, 6.07) is 6.62. The van der Waals surface area contributed by atoms with Gasteiger partial charge in [0.2, 0.25) is 0 Å². The number of aromatic nitrogens is 2. The third-order valence-electron chi connectivity index (χ3n) is 3.38. The van der Waals surface area contributed by atoms with Crippen molar-refractivity contribution in [2.75, 3.05) is 0 Å². The fraction of sp³-hybridized carbons (Fsp3) is 0.400. The van der Waals surface area contributed by atoms with Crippen molar-refractivity contribution in [1.29, 1.82) is 0 Å². The van der Waals surface area contributed by atoms with Gasteiger partial charge in [-0.1, -0.05) is 32.0 Å².